The second kappa shape index (κ2) is 17.2. The van der Waals surface area contributed by atoms with Gasteiger partial charge in [-0.2, -0.15) is 4.91 Å². The Kier molecular flexibility index (Phi) is 16.4. The summed E-state index contributed by atoms with van der Waals surface area (Å²) in [4.78, 5) is 2.77. The van der Waals surface area contributed by atoms with Gasteiger partial charge in [-0.15, -0.1) is 5.53 Å². The maximum absolute atomic E-state index is 8.27. The van der Waals surface area contributed by atoms with Gasteiger partial charge in [0.15, 0.2) is 0 Å². The molecule has 0 heterocycles. The van der Waals surface area contributed by atoms with E-state index in [2.05, 4.69) is 17.1 Å². The van der Waals surface area contributed by atoms with Crippen LogP contribution in [0, 0.1) is 0 Å². The smallest absolute Gasteiger partial charge is 0.0881 e. The lowest BCUT2D eigenvalue weighted by Gasteiger charge is -2.06. The Morgan fingerprint density at radius 1 is 0.714 bits per heavy atom. The first kappa shape index (κ1) is 20.1. The molecule has 0 atom stereocenters. The van der Waals surface area contributed by atoms with Gasteiger partial charge < -0.3 is 0 Å². The molecule has 0 aliphatic carbocycles. The summed E-state index contributed by atoms with van der Waals surface area (Å²) >= 11 is 0. The number of azide groups is 1. The molecule has 0 bridgehead atoms. The minimum absolute atomic E-state index is 0.877. The topological polar surface area (TPSA) is 52.0 Å². The zero-order chi connectivity index (χ0) is 15.6. The number of rotatable bonds is 16. The molecule has 0 aliphatic rings. The number of unbranched alkanes of at least 4 members (excludes halogenated alkanes) is 13. The maximum Gasteiger partial charge on any atom is 0.0881 e. The monoisotopic (exact) mass is 296 g/mol. The molecule has 0 aromatic carbocycles. The van der Waals surface area contributed by atoms with Crippen molar-refractivity contribution in [3.63, 3.8) is 0 Å². The number of nitrogens with zero attached hydrogens (tertiary/aromatic N) is 4. The molecule has 0 N–H and O–H groups in total. The Hall–Kier alpha value is -0.890. The Bertz CT molecular complexity index is 249. The second-order valence-electron chi connectivity index (χ2n) is 6.16. The van der Waals surface area contributed by atoms with Crippen molar-refractivity contribution in [2.24, 2.45) is 5.22 Å². The standard InChI is InChI=1S/C17H36N4/c1-3-4-5-6-7-8-9-10-11-12-13-14-15-16-17-21(2)20-19-18/h3-17H2,1-2H3. The highest BCUT2D eigenvalue weighted by Crippen LogP contribution is 2.12. The minimum Gasteiger partial charge on any atom is -0.251 e. The quantitative estimate of drug-likeness (QED) is 0.104. The first-order valence-corrected chi connectivity index (χ1v) is 9.07. The van der Waals surface area contributed by atoms with Gasteiger partial charge in [-0.25, -0.2) is 0 Å². The fourth-order valence-corrected chi connectivity index (χ4v) is 2.65. The van der Waals surface area contributed by atoms with Crippen molar-refractivity contribution in [2.45, 2.75) is 96.8 Å². The average Bonchev–Trinajstić information content (AvgIpc) is 2.48. The van der Waals surface area contributed by atoms with Gasteiger partial charge >= 0.3 is 0 Å². The molecule has 0 aromatic heterocycles. The lowest BCUT2D eigenvalue weighted by molar-refractivity contribution is 0.335. The van der Waals surface area contributed by atoms with Crippen LogP contribution in [0.5, 0.6) is 0 Å². The summed E-state index contributed by atoms with van der Waals surface area (Å²) in [5.41, 5.74) is 8.27. The predicted molar refractivity (Wildman–Crippen MR) is 92.1 cm³/mol. The van der Waals surface area contributed by atoms with Crippen LogP contribution in [0.3, 0.4) is 0 Å². The summed E-state index contributed by atoms with van der Waals surface area (Å²) in [5, 5.41) is 5.22. The van der Waals surface area contributed by atoms with Gasteiger partial charge in [0, 0.05) is 0 Å². The first-order valence-electron chi connectivity index (χ1n) is 9.07. The fraction of sp³-hybridized carbons (Fsp3) is 1.00. The van der Waals surface area contributed by atoms with Crippen molar-refractivity contribution in [1.29, 1.82) is 0 Å². The van der Waals surface area contributed by atoms with Crippen LogP contribution in [0.4, 0.5) is 0 Å². The van der Waals surface area contributed by atoms with Gasteiger partial charge in [-0.3, -0.25) is 5.01 Å². The summed E-state index contributed by atoms with van der Waals surface area (Å²) in [7, 11) is 1.84. The third-order valence-electron chi connectivity index (χ3n) is 4.03. The molecule has 21 heavy (non-hydrogen) atoms. The highest BCUT2D eigenvalue weighted by molar-refractivity contribution is 4.51. The van der Waals surface area contributed by atoms with E-state index in [1.54, 1.807) is 5.01 Å². The van der Waals surface area contributed by atoms with Gasteiger partial charge in [0.1, 0.15) is 0 Å². The molecule has 0 aliphatic heterocycles. The minimum atomic E-state index is 0.877. The predicted octanol–water partition coefficient (Wildman–Crippen LogP) is 6.62. The summed E-state index contributed by atoms with van der Waals surface area (Å²) in [5.74, 6) is 0. The van der Waals surface area contributed by atoms with Gasteiger partial charge in [0.05, 0.1) is 13.6 Å². The van der Waals surface area contributed by atoms with Crippen LogP contribution in [0.15, 0.2) is 5.22 Å². The molecule has 0 spiro atoms. The van der Waals surface area contributed by atoms with Crippen molar-refractivity contribution >= 4 is 0 Å². The molecule has 4 nitrogen and oxygen atoms in total. The third kappa shape index (κ3) is 17.1. The molecule has 0 saturated carbocycles. The summed E-state index contributed by atoms with van der Waals surface area (Å²) in [6.45, 7) is 3.15. The van der Waals surface area contributed by atoms with Crippen molar-refractivity contribution in [2.75, 3.05) is 13.6 Å². The van der Waals surface area contributed by atoms with E-state index in [-0.39, 0.29) is 0 Å². The second-order valence-corrected chi connectivity index (χ2v) is 6.16. The number of hydrogen-bond acceptors (Lipinski definition) is 1. The number of hydrogen-bond donors (Lipinski definition) is 0. The fourth-order valence-electron chi connectivity index (χ4n) is 2.65. The molecule has 0 amide bonds. The Morgan fingerprint density at radius 2 is 1.10 bits per heavy atom. The lowest BCUT2D eigenvalue weighted by Crippen LogP contribution is -2.10. The highest BCUT2D eigenvalue weighted by atomic mass is 15.5. The lowest BCUT2D eigenvalue weighted by atomic mass is 10.0. The van der Waals surface area contributed by atoms with Crippen LogP contribution in [0.1, 0.15) is 96.8 Å². The first-order chi connectivity index (χ1) is 10.3. The largest absolute Gasteiger partial charge is 0.251 e. The van der Waals surface area contributed by atoms with E-state index in [0.29, 0.717) is 0 Å². The average molecular weight is 297 g/mol. The van der Waals surface area contributed by atoms with E-state index in [4.69, 9.17) is 5.53 Å². The van der Waals surface area contributed by atoms with Crippen LogP contribution in [0.2, 0.25) is 0 Å². The zero-order valence-electron chi connectivity index (χ0n) is 14.4. The Labute approximate surface area is 131 Å². The van der Waals surface area contributed by atoms with Crippen molar-refractivity contribution in [3.8, 4) is 0 Å². The van der Waals surface area contributed by atoms with Crippen LogP contribution in [-0.4, -0.2) is 18.6 Å². The zero-order valence-corrected chi connectivity index (χ0v) is 14.4. The van der Waals surface area contributed by atoms with Crippen LogP contribution in [-0.2, 0) is 0 Å². The van der Waals surface area contributed by atoms with Crippen molar-refractivity contribution < 1.29 is 0 Å². The SMILES string of the molecule is CCCCCCCCCCCCCCCCN(C)N=[N+]=[N-]. The normalized spacial score (nSPS) is 10.4. The van der Waals surface area contributed by atoms with E-state index in [0.717, 1.165) is 13.0 Å². The Morgan fingerprint density at radius 3 is 1.48 bits per heavy atom. The van der Waals surface area contributed by atoms with E-state index in [1.807, 2.05) is 7.05 Å². The third-order valence-corrected chi connectivity index (χ3v) is 4.03. The summed E-state index contributed by atoms with van der Waals surface area (Å²) < 4.78 is 0. The summed E-state index contributed by atoms with van der Waals surface area (Å²) in [6, 6.07) is 0. The maximum atomic E-state index is 8.27. The van der Waals surface area contributed by atoms with Crippen LogP contribution < -0.4 is 0 Å². The van der Waals surface area contributed by atoms with Gasteiger partial charge in [0.2, 0.25) is 0 Å². The highest BCUT2D eigenvalue weighted by Gasteiger charge is 1.97. The van der Waals surface area contributed by atoms with Gasteiger partial charge in [-0.05, 0) is 18.1 Å². The molecule has 0 unspecified atom stereocenters. The molecule has 0 saturated heterocycles. The molecular weight excluding hydrogens is 260 g/mol. The van der Waals surface area contributed by atoms with Crippen molar-refractivity contribution in [1.82, 2.24) is 5.01 Å². The van der Waals surface area contributed by atoms with E-state index in [1.165, 1.54) is 83.5 Å². The molecule has 0 radical (unpaired) electrons. The van der Waals surface area contributed by atoms with Gasteiger partial charge in [-0.1, -0.05) is 84.0 Å². The molecule has 4 heteroatoms. The molecule has 0 rings (SSSR count). The molecular formula is C17H36N4. The van der Waals surface area contributed by atoms with E-state index >= 15 is 0 Å². The molecule has 0 fully saturated rings. The van der Waals surface area contributed by atoms with Crippen molar-refractivity contribution in [3.05, 3.63) is 10.4 Å². The van der Waals surface area contributed by atoms with Crippen LogP contribution >= 0.6 is 0 Å². The molecule has 124 valence electrons. The van der Waals surface area contributed by atoms with Gasteiger partial charge in [0.25, 0.3) is 0 Å². The van der Waals surface area contributed by atoms with E-state index in [9.17, 15) is 0 Å². The van der Waals surface area contributed by atoms with Crippen LogP contribution in [0.25, 0.3) is 10.4 Å². The molecule has 0 aromatic rings. The van der Waals surface area contributed by atoms with E-state index < -0.39 is 0 Å². The Balaban J connectivity index is 3.04. The summed E-state index contributed by atoms with van der Waals surface area (Å²) in [6.07, 6.45) is 19.3.